The van der Waals surface area contributed by atoms with Gasteiger partial charge in [0.25, 0.3) is 0 Å². The lowest BCUT2D eigenvalue weighted by Gasteiger charge is -1.96. The molecule has 0 aliphatic carbocycles. The van der Waals surface area contributed by atoms with E-state index in [1.165, 1.54) is 44.8 Å². The summed E-state index contributed by atoms with van der Waals surface area (Å²) in [6.07, 6.45) is 12.0. The molecular weight excluding hydrogens is 152 g/mol. The maximum Gasteiger partial charge on any atom is 0.125 e. The zero-order chi connectivity index (χ0) is 9.07. The van der Waals surface area contributed by atoms with Crippen LogP contribution in [0.15, 0.2) is 12.3 Å². The molecule has 0 aromatic carbocycles. The van der Waals surface area contributed by atoms with Crippen molar-refractivity contribution in [2.45, 2.75) is 51.9 Å². The molecule has 0 heterocycles. The first-order valence-corrected chi connectivity index (χ1v) is 4.87. The molecule has 0 aliphatic heterocycles. The van der Waals surface area contributed by atoms with Crippen molar-refractivity contribution in [2.75, 3.05) is 0 Å². The van der Waals surface area contributed by atoms with E-state index in [0.717, 1.165) is 6.42 Å². The lowest BCUT2D eigenvalue weighted by Crippen LogP contribution is -1.77. The van der Waals surface area contributed by atoms with Gasteiger partial charge in [-0.1, -0.05) is 39.0 Å². The summed E-state index contributed by atoms with van der Waals surface area (Å²) >= 11 is 0. The molecule has 2 nitrogen and oxygen atoms in total. The van der Waals surface area contributed by atoms with Crippen molar-refractivity contribution in [1.29, 1.82) is 0 Å². The summed E-state index contributed by atoms with van der Waals surface area (Å²) in [6.45, 7) is 2.22. The molecule has 0 spiro atoms. The summed E-state index contributed by atoms with van der Waals surface area (Å²) in [5.74, 6) is 0. The fraction of sp³-hybridized carbons (Fsp3) is 0.800. The topological polar surface area (TPSA) is 29.5 Å². The number of hydrogen-bond acceptors (Lipinski definition) is 2. The highest BCUT2D eigenvalue weighted by molar-refractivity contribution is 4.71. The monoisotopic (exact) mass is 172 g/mol. The highest BCUT2D eigenvalue weighted by atomic mass is 17.1. The molecule has 0 fully saturated rings. The molecular formula is C10H20O2. The molecule has 0 aromatic heterocycles. The Hall–Kier alpha value is -0.500. The average molecular weight is 172 g/mol. The zero-order valence-electron chi connectivity index (χ0n) is 7.96. The standard InChI is InChI=1S/C10H20O2/c1-2-3-4-5-6-7-8-9-10-12-11/h9-11H,2-8H2,1H3/b10-9+. The van der Waals surface area contributed by atoms with E-state index in [4.69, 9.17) is 5.26 Å². The van der Waals surface area contributed by atoms with E-state index in [1.54, 1.807) is 0 Å². The second kappa shape index (κ2) is 10.5. The minimum Gasteiger partial charge on any atom is -0.349 e. The van der Waals surface area contributed by atoms with Gasteiger partial charge in [-0.15, -0.1) is 0 Å². The normalized spacial score (nSPS) is 10.8. The van der Waals surface area contributed by atoms with Crippen molar-refractivity contribution >= 4 is 0 Å². The zero-order valence-corrected chi connectivity index (χ0v) is 7.96. The van der Waals surface area contributed by atoms with Crippen LogP contribution in [-0.4, -0.2) is 5.26 Å². The van der Waals surface area contributed by atoms with Crippen molar-refractivity contribution in [3.63, 3.8) is 0 Å². The molecule has 0 rings (SSSR count). The molecule has 0 saturated carbocycles. The Morgan fingerprint density at radius 3 is 2.42 bits per heavy atom. The Labute approximate surface area is 75.2 Å². The fourth-order valence-corrected chi connectivity index (χ4v) is 1.15. The van der Waals surface area contributed by atoms with Gasteiger partial charge < -0.3 is 4.89 Å². The van der Waals surface area contributed by atoms with Crippen molar-refractivity contribution < 1.29 is 10.1 Å². The number of hydrogen-bond donors (Lipinski definition) is 1. The third-order valence-corrected chi connectivity index (χ3v) is 1.88. The molecule has 0 aliphatic rings. The fourth-order valence-electron chi connectivity index (χ4n) is 1.15. The summed E-state index contributed by atoms with van der Waals surface area (Å²) in [4.78, 5) is 3.81. The molecule has 0 saturated heterocycles. The third kappa shape index (κ3) is 9.50. The van der Waals surface area contributed by atoms with Crippen LogP contribution in [0, 0.1) is 0 Å². The van der Waals surface area contributed by atoms with E-state index in [0.29, 0.717) is 0 Å². The minimum atomic E-state index is 1.01. The van der Waals surface area contributed by atoms with E-state index < -0.39 is 0 Å². The van der Waals surface area contributed by atoms with Crippen LogP contribution in [0.4, 0.5) is 0 Å². The van der Waals surface area contributed by atoms with Gasteiger partial charge >= 0.3 is 0 Å². The first-order valence-electron chi connectivity index (χ1n) is 4.87. The molecule has 0 aromatic rings. The predicted molar refractivity (Wildman–Crippen MR) is 50.8 cm³/mol. The van der Waals surface area contributed by atoms with Gasteiger partial charge in [-0.25, -0.2) is 5.26 Å². The van der Waals surface area contributed by atoms with E-state index in [1.807, 2.05) is 6.08 Å². The molecule has 0 atom stereocenters. The lowest BCUT2D eigenvalue weighted by molar-refractivity contribution is -0.186. The summed E-state index contributed by atoms with van der Waals surface area (Å²) < 4.78 is 0. The van der Waals surface area contributed by atoms with E-state index >= 15 is 0 Å². The molecule has 0 amide bonds. The summed E-state index contributed by atoms with van der Waals surface area (Å²) in [7, 11) is 0. The molecule has 1 N–H and O–H groups in total. The lowest BCUT2D eigenvalue weighted by atomic mass is 10.1. The second-order valence-electron chi connectivity index (χ2n) is 3.03. The van der Waals surface area contributed by atoms with Crippen LogP contribution in [0.25, 0.3) is 0 Å². The minimum absolute atomic E-state index is 1.01. The Morgan fingerprint density at radius 2 is 1.75 bits per heavy atom. The molecule has 2 heteroatoms. The average Bonchev–Trinajstić information content (AvgIpc) is 2.10. The first kappa shape index (κ1) is 11.5. The third-order valence-electron chi connectivity index (χ3n) is 1.88. The first-order chi connectivity index (χ1) is 5.91. The van der Waals surface area contributed by atoms with Gasteiger partial charge in [-0.3, -0.25) is 0 Å². The largest absolute Gasteiger partial charge is 0.349 e. The summed E-state index contributed by atoms with van der Waals surface area (Å²) in [6, 6.07) is 0. The van der Waals surface area contributed by atoms with Gasteiger partial charge in [0, 0.05) is 0 Å². The van der Waals surface area contributed by atoms with Gasteiger partial charge in [-0.05, 0) is 18.9 Å². The van der Waals surface area contributed by atoms with Crippen LogP contribution in [0.1, 0.15) is 51.9 Å². The maximum absolute atomic E-state index is 7.95. The smallest absolute Gasteiger partial charge is 0.125 e. The van der Waals surface area contributed by atoms with Crippen LogP contribution in [0.2, 0.25) is 0 Å². The Bertz CT molecular complexity index is 100. The van der Waals surface area contributed by atoms with Crippen LogP contribution in [-0.2, 0) is 4.89 Å². The number of unbranched alkanes of at least 4 members (excludes halogenated alkanes) is 6. The Kier molecular flexibility index (Phi) is 10.1. The molecule has 12 heavy (non-hydrogen) atoms. The molecule has 0 radical (unpaired) electrons. The van der Waals surface area contributed by atoms with E-state index in [9.17, 15) is 0 Å². The van der Waals surface area contributed by atoms with Crippen LogP contribution < -0.4 is 0 Å². The van der Waals surface area contributed by atoms with Gasteiger partial charge in [0.15, 0.2) is 0 Å². The van der Waals surface area contributed by atoms with Crippen LogP contribution in [0.5, 0.6) is 0 Å². The highest BCUT2D eigenvalue weighted by Gasteiger charge is 1.87. The van der Waals surface area contributed by atoms with E-state index in [2.05, 4.69) is 11.8 Å². The van der Waals surface area contributed by atoms with Crippen molar-refractivity contribution in [3.05, 3.63) is 12.3 Å². The van der Waals surface area contributed by atoms with E-state index in [-0.39, 0.29) is 0 Å². The quantitative estimate of drug-likeness (QED) is 0.261. The van der Waals surface area contributed by atoms with Gasteiger partial charge in [0.1, 0.15) is 6.26 Å². The van der Waals surface area contributed by atoms with Crippen molar-refractivity contribution in [2.24, 2.45) is 0 Å². The Morgan fingerprint density at radius 1 is 1.08 bits per heavy atom. The van der Waals surface area contributed by atoms with Gasteiger partial charge in [-0.2, -0.15) is 0 Å². The molecule has 0 bridgehead atoms. The maximum atomic E-state index is 7.95. The highest BCUT2D eigenvalue weighted by Crippen LogP contribution is 2.06. The van der Waals surface area contributed by atoms with Crippen molar-refractivity contribution in [3.8, 4) is 0 Å². The SMILES string of the molecule is CCCCCCCC/C=C/OO. The second-order valence-corrected chi connectivity index (χ2v) is 3.03. The Balaban J connectivity index is 2.86. The summed E-state index contributed by atoms with van der Waals surface area (Å²) in [5.41, 5.74) is 0. The van der Waals surface area contributed by atoms with Crippen LogP contribution in [0.3, 0.4) is 0 Å². The van der Waals surface area contributed by atoms with Crippen LogP contribution >= 0.6 is 0 Å². The van der Waals surface area contributed by atoms with Crippen molar-refractivity contribution in [1.82, 2.24) is 0 Å². The molecule has 72 valence electrons. The summed E-state index contributed by atoms with van der Waals surface area (Å²) in [5, 5.41) is 7.95. The van der Waals surface area contributed by atoms with Gasteiger partial charge in [0.2, 0.25) is 0 Å². The number of allylic oxidation sites excluding steroid dienone is 1. The number of rotatable bonds is 8. The van der Waals surface area contributed by atoms with Gasteiger partial charge in [0.05, 0.1) is 0 Å². The molecule has 0 unspecified atom stereocenters. The predicted octanol–water partition coefficient (Wildman–Crippen LogP) is 3.74.